The maximum Gasteiger partial charge on any atom is 0.240 e. The van der Waals surface area contributed by atoms with Gasteiger partial charge in [0.25, 0.3) is 0 Å². The quantitative estimate of drug-likeness (QED) is 0.590. The molecule has 0 unspecified atom stereocenters. The molecule has 2 N–H and O–H groups in total. The van der Waals surface area contributed by atoms with Gasteiger partial charge in [0.05, 0.1) is 4.90 Å². The Labute approximate surface area is 169 Å². The average molecular weight is 415 g/mol. The maximum atomic E-state index is 12.3. The zero-order valence-corrected chi connectivity index (χ0v) is 17.1. The lowest BCUT2D eigenvalue weighted by atomic mass is 10.0. The Morgan fingerprint density at radius 3 is 2.64 bits per heavy atom. The van der Waals surface area contributed by atoms with E-state index in [0.29, 0.717) is 6.54 Å². The Morgan fingerprint density at radius 1 is 1.07 bits per heavy atom. The van der Waals surface area contributed by atoms with Crippen molar-refractivity contribution in [3.63, 3.8) is 0 Å². The number of carbonyl (C=O) groups is 1. The molecule has 0 aliphatic heterocycles. The van der Waals surface area contributed by atoms with E-state index >= 15 is 0 Å². The summed E-state index contributed by atoms with van der Waals surface area (Å²) in [5.41, 5.74) is 4.10. The third-order valence-electron chi connectivity index (χ3n) is 4.27. The van der Waals surface area contributed by atoms with Crippen LogP contribution in [0.4, 0.5) is 0 Å². The molecule has 5 nitrogen and oxygen atoms in total. The first kappa shape index (κ1) is 20.3. The van der Waals surface area contributed by atoms with Crippen molar-refractivity contribution in [1.82, 2.24) is 10.0 Å². The van der Waals surface area contributed by atoms with Crippen LogP contribution in [0.1, 0.15) is 17.5 Å². The van der Waals surface area contributed by atoms with E-state index < -0.39 is 10.0 Å². The number of hydrogen-bond donors (Lipinski definition) is 2. The minimum Gasteiger partial charge on any atom is -0.352 e. The lowest BCUT2D eigenvalue weighted by Crippen LogP contribution is -2.30. The highest BCUT2D eigenvalue weighted by Crippen LogP contribution is 2.25. The SMILES string of the molecule is Cc1cccc(S(=O)(=O)NCCC(=O)NCc2ccccc2-c2ccsc2)c1. The molecule has 0 aliphatic carbocycles. The fraction of sp³-hybridized carbons (Fsp3) is 0.190. The van der Waals surface area contributed by atoms with Crippen molar-refractivity contribution in [1.29, 1.82) is 0 Å². The molecule has 0 saturated heterocycles. The molecule has 0 spiro atoms. The van der Waals surface area contributed by atoms with Crippen LogP contribution in [0, 0.1) is 6.92 Å². The van der Waals surface area contributed by atoms with Crippen molar-refractivity contribution >= 4 is 27.3 Å². The Hall–Kier alpha value is -2.48. The lowest BCUT2D eigenvalue weighted by Gasteiger charge is -2.11. The van der Waals surface area contributed by atoms with Crippen LogP contribution in [0.5, 0.6) is 0 Å². The topological polar surface area (TPSA) is 75.3 Å². The first-order chi connectivity index (χ1) is 13.5. The summed E-state index contributed by atoms with van der Waals surface area (Å²) < 4.78 is 27.0. The molecule has 3 aromatic rings. The van der Waals surface area contributed by atoms with E-state index in [9.17, 15) is 13.2 Å². The van der Waals surface area contributed by atoms with E-state index in [1.807, 2.05) is 48.7 Å². The van der Waals surface area contributed by atoms with Crippen molar-refractivity contribution in [2.24, 2.45) is 0 Å². The predicted octanol–water partition coefficient (Wildman–Crippen LogP) is 3.71. The van der Waals surface area contributed by atoms with Crippen LogP contribution in [0.3, 0.4) is 0 Å². The van der Waals surface area contributed by atoms with Crippen molar-refractivity contribution in [2.75, 3.05) is 6.54 Å². The van der Waals surface area contributed by atoms with Crippen molar-refractivity contribution in [3.8, 4) is 11.1 Å². The van der Waals surface area contributed by atoms with E-state index in [1.54, 1.807) is 23.5 Å². The number of rotatable bonds is 8. The number of sulfonamides is 1. The summed E-state index contributed by atoms with van der Waals surface area (Å²) >= 11 is 1.63. The van der Waals surface area contributed by atoms with Crippen LogP contribution in [-0.4, -0.2) is 20.9 Å². The highest BCUT2D eigenvalue weighted by Gasteiger charge is 2.14. The third kappa shape index (κ3) is 5.28. The first-order valence-electron chi connectivity index (χ1n) is 8.89. The summed E-state index contributed by atoms with van der Waals surface area (Å²) in [6.45, 7) is 2.28. The number of amides is 1. The Balaban J connectivity index is 1.52. The van der Waals surface area contributed by atoms with E-state index in [2.05, 4.69) is 15.4 Å². The van der Waals surface area contributed by atoms with Gasteiger partial charge in [0, 0.05) is 19.5 Å². The molecular weight excluding hydrogens is 392 g/mol. The van der Waals surface area contributed by atoms with Gasteiger partial charge in [-0.05, 0) is 58.1 Å². The fourth-order valence-electron chi connectivity index (χ4n) is 2.82. The molecule has 0 aliphatic rings. The van der Waals surface area contributed by atoms with E-state index in [0.717, 1.165) is 22.3 Å². The van der Waals surface area contributed by atoms with Crippen LogP contribution >= 0.6 is 11.3 Å². The van der Waals surface area contributed by atoms with E-state index in [1.165, 1.54) is 6.07 Å². The molecule has 7 heteroatoms. The van der Waals surface area contributed by atoms with Crippen LogP contribution in [0.25, 0.3) is 11.1 Å². The van der Waals surface area contributed by atoms with Crippen LogP contribution in [0.2, 0.25) is 0 Å². The minimum atomic E-state index is -3.61. The second kappa shape index (κ2) is 9.14. The largest absolute Gasteiger partial charge is 0.352 e. The molecule has 1 amide bonds. The number of aryl methyl sites for hydroxylation is 1. The van der Waals surface area contributed by atoms with E-state index in [-0.39, 0.29) is 23.8 Å². The Kier molecular flexibility index (Phi) is 6.61. The molecule has 0 saturated carbocycles. The molecule has 1 heterocycles. The predicted molar refractivity (Wildman–Crippen MR) is 113 cm³/mol. The number of benzene rings is 2. The smallest absolute Gasteiger partial charge is 0.240 e. The molecule has 0 bridgehead atoms. The summed E-state index contributed by atoms with van der Waals surface area (Å²) in [6.07, 6.45) is 0.0751. The zero-order valence-electron chi connectivity index (χ0n) is 15.5. The van der Waals surface area contributed by atoms with Gasteiger partial charge in [-0.3, -0.25) is 4.79 Å². The van der Waals surface area contributed by atoms with Gasteiger partial charge in [0.2, 0.25) is 15.9 Å². The maximum absolute atomic E-state index is 12.3. The van der Waals surface area contributed by atoms with Crippen LogP contribution in [0.15, 0.2) is 70.3 Å². The first-order valence-corrected chi connectivity index (χ1v) is 11.3. The lowest BCUT2D eigenvalue weighted by molar-refractivity contribution is -0.121. The van der Waals surface area contributed by atoms with Crippen molar-refractivity contribution in [3.05, 3.63) is 76.5 Å². The molecule has 0 atom stereocenters. The Morgan fingerprint density at radius 2 is 1.89 bits per heavy atom. The van der Waals surface area contributed by atoms with Gasteiger partial charge in [-0.15, -0.1) is 0 Å². The number of hydrogen-bond acceptors (Lipinski definition) is 4. The zero-order chi connectivity index (χ0) is 20.0. The number of thiophene rings is 1. The van der Waals surface area contributed by atoms with Gasteiger partial charge in [0.15, 0.2) is 0 Å². The highest BCUT2D eigenvalue weighted by molar-refractivity contribution is 7.89. The molecule has 3 rings (SSSR count). The molecule has 0 fully saturated rings. The molecule has 146 valence electrons. The second-order valence-corrected chi connectivity index (χ2v) is 8.96. The summed E-state index contributed by atoms with van der Waals surface area (Å²) in [4.78, 5) is 12.4. The summed E-state index contributed by atoms with van der Waals surface area (Å²) in [5.74, 6) is -0.202. The van der Waals surface area contributed by atoms with Gasteiger partial charge in [-0.1, -0.05) is 36.4 Å². The molecule has 2 aromatic carbocycles. The summed E-state index contributed by atoms with van der Waals surface area (Å²) in [5, 5.41) is 6.96. The van der Waals surface area contributed by atoms with Crippen LogP contribution < -0.4 is 10.0 Å². The minimum absolute atomic E-state index is 0.0499. The van der Waals surface area contributed by atoms with Gasteiger partial charge >= 0.3 is 0 Å². The third-order valence-corrected chi connectivity index (χ3v) is 6.41. The van der Waals surface area contributed by atoms with E-state index in [4.69, 9.17) is 0 Å². The number of carbonyl (C=O) groups excluding carboxylic acids is 1. The summed E-state index contributed by atoms with van der Waals surface area (Å²) in [6, 6.07) is 16.6. The standard InChI is InChI=1S/C21H22N2O3S2/c1-16-5-4-7-19(13-16)28(25,26)23-11-9-21(24)22-14-17-6-2-3-8-20(17)18-10-12-27-15-18/h2-8,10,12-13,15,23H,9,11,14H2,1H3,(H,22,24). The second-order valence-electron chi connectivity index (χ2n) is 6.41. The van der Waals surface area contributed by atoms with Gasteiger partial charge in [-0.2, -0.15) is 11.3 Å². The average Bonchev–Trinajstić information content (AvgIpc) is 3.21. The van der Waals surface area contributed by atoms with Crippen molar-refractivity contribution < 1.29 is 13.2 Å². The van der Waals surface area contributed by atoms with Gasteiger partial charge in [-0.25, -0.2) is 13.1 Å². The van der Waals surface area contributed by atoms with Crippen molar-refractivity contribution in [2.45, 2.75) is 24.8 Å². The highest BCUT2D eigenvalue weighted by atomic mass is 32.2. The normalized spacial score (nSPS) is 11.3. The molecular formula is C21H22N2O3S2. The molecule has 1 aromatic heterocycles. The monoisotopic (exact) mass is 414 g/mol. The molecule has 28 heavy (non-hydrogen) atoms. The number of nitrogens with one attached hydrogen (secondary N) is 2. The van der Waals surface area contributed by atoms with Gasteiger partial charge < -0.3 is 5.32 Å². The molecule has 0 radical (unpaired) electrons. The van der Waals surface area contributed by atoms with Gasteiger partial charge in [0.1, 0.15) is 0 Å². The Bertz CT molecular complexity index is 1050. The van der Waals surface area contributed by atoms with Crippen LogP contribution in [-0.2, 0) is 21.4 Å². The fourth-order valence-corrected chi connectivity index (χ4v) is 4.61. The summed E-state index contributed by atoms with van der Waals surface area (Å²) in [7, 11) is -3.61.